The summed E-state index contributed by atoms with van der Waals surface area (Å²) in [4.78, 5) is 43.2. The number of esters is 4. The fourth-order valence-corrected chi connectivity index (χ4v) is 0.704. The third-order valence-electron chi connectivity index (χ3n) is 1.57. The first-order chi connectivity index (χ1) is 7.49. The zero-order chi connectivity index (χ0) is 12.6. The molecule has 0 spiro atoms. The Labute approximate surface area is 92.9 Å². The van der Waals surface area contributed by atoms with Crippen LogP contribution in [-0.4, -0.2) is 23.9 Å². The van der Waals surface area contributed by atoms with Crippen molar-refractivity contribution in [3.05, 3.63) is 0 Å². The number of rotatable bonds is 5. The van der Waals surface area contributed by atoms with Gasteiger partial charge in [0.25, 0.3) is 0 Å². The fourth-order valence-electron chi connectivity index (χ4n) is 0.704. The van der Waals surface area contributed by atoms with Crippen LogP contribution in [0.2, 0.25) is 0 Å². The van der Waals surface area contributed by atoms with Crippen molar-refractivity contribution in [2.24, 2.45) is 0 Å². The van der Waals surface area contributed by atoms with Gasteiger partial charge in [-0.3, -0.25) is 19.2 Å². The summed E-state index contributed by atoms with van der Waals surface area (Å²) in [5, 5.41) is 0. The van der Waals surface area contributed by atoms with Gasteiger partial charge in [0, 0.05) is 12.8 Å². The van der Waals surface area contributed by atoms with Crippen LogP contribution in [0.1, 0.15) is 39.5 Å². The molecule has 0 N–H and O–H groups in total. The highest BCUT2D eigenvalue weighted by Crippen LogP contribution is 1.98. The first kappa shape index (κ1) is 14.3. The summed E-state index contributed by atoms with van der Waals surface area (Å²) in [6.07, 6.45) is -0.377. The Kier molecular flexibility index (Phi) is 6.74. The summed E-state index contributed by atoms with van der Waals surface area (Å²) >= 11 is 0. The largest absolute Gasteiger partial charge is 0.393 e. The van der Waals surface area contributed by atoms with Gasteiger partial charge in [0.2, 0.25) is 0 Å². The molecule has 0 saturated carbocycles. The fraction of sp³-hybridized carbons (Fsp3) is 0.600. The number of carbonyl (C=O) groups excluding carboxylic acids is 4. The lowest BCUT2D eigenvalue weighted by Crippen LogP contribution is -2.15. The molecule has 6 heteroatoms. The molecule has 0 heterocycles. The van der Waals surface area contributed by atoms with Gasteiger partial charge in [0.05, 0.1) is 12.8 Å². The molecular formula is C10H14O6. The van der Waals surface area contributed by atoms with E-state index < -0.39 is 23.9 Å². The monoisotopic (exact) mass is 230 g/mol. The van der Waals surface area contributed by atoms with Crippen LogP contribution >= 0.6 is 0 Å². The van der Waals surface area contributed by atoms with Crippen LogP contribution in [0.4, 0.5) is 0 Å². The molecule has 0 aliphatic carbocycles. The van der Waals surface area contributed by atoms with E-state index in [4.69, 9.17) is 0 Å². The smallest absolute Gasteiger partial charge is 0.314 e. The molecule has 0 atom stereocenters. The SMILES string of the molecule is CCC(=O)OC(=O)CCC(=O)OC(=O)CC. The third kappa shape index (κ3) is 6.69. The lowest BCUT2D eigenvalue weighted by Gasteiger charge is -2.01. The zero-order valence-corrected chi connectivity index (χ0v) is 9.28. The second kappa shape index (κ2) is 7.56. The van der Waals surface area contributed by atoms with Gasteiger partial charge in [-0.25, -0.2) is 0 Å². The lowest BCUT2D eigenvalue weighted by atomic mass is 10.3. The summed E-state index contributed by atoms with van der Waals surface area (Å²) in [5.41, 5.74) is 0. The maximum Gasteiger partial charge on any atom is 0.314 e. The highest BCUT2D eigenvalue weighted by atomic mass is 16.6. The first-order valence-electron chi connectivity index (χ1n) is 4.96. The van der Waals surface area contributed by atoms with Crippen LogP contribution in [0, 0.1) is 0 Å². The van der Waals surface area contributed by atoms with E-state index in [2.05, 4.69) is 9.47 Å². The van der Waals surface area contributed by atoms with Crippen LogP contribution in [0.3, 0.4) is 0 Å². The van der Waals surface area contributed by atoms with Gasteiger partial charge >= 0.3 is 23.9 Å². The number of ether oxygens (including phenoxy) is 2. The van der Waals surface area contributed by atoms with Gasteiger partial charge in [-0.1, -0.05) is 13.8 Å². The molecule has 0 aromatic carbocycles. The maximum absolute atomic E-state index is 10.9. The Morgan fingerprint density at radius 1 is 0.688 bits per heavy atom. The van der Waals surface area contributed by atoms with Gasteiger partial charge in [-0.2, -0.15) is 0 Å². The molecule has 0 fully saturated rings. The average molecular weight is 230 g/mol. The van der Waals surface area contributed by atoms with Crippen molar-refractivity contribution in [2.45, 2.75) is 39.5 Å². The third-order valence-corrected chi connectivity index (χ3v) is 1.57. The number of hydrogen-bond donors (Lipinski definition) is 0. The van der Waals surface area contributed by atoms with Crippen LogP contribution in [0.15, 0.2) is 0 Å². The molecule has 0 aliphatic rings. The van der Waals surface area contributed by atoms with Gasteiger partial charge in [0.1, 0.15) is 0 Å². The Morgan fingerprint density at radius 3 is 1.25 bits per heavy atom. The van der Waals surface area contributed by atoms with Crippen LogP contribution in [0.25, 0.3) is 0 Å². The van der Waals surface area contributed by atoms with Crippen molar-refractivity contribution in [3.8, 4) is 0 Å². The van der Waals surface area contributed by atoms with Gasteiger partial charge in [0.15, 0.2) is 0 Å². The van der Waals surface area contributed by atoms with Crippen LogP contribution in [0.5, 0.6) is 0 Å². The van der Waals surface area contributed by atoms with E-state index in [0.29, 0.717) is 0 Å². The quantitative estimate of drug-likeness (QED) is 0.511. The van der Waals surface area contributed by atoms with E-state index in [0.717, 1.165) is 0 Å². The molecule has 0 radical (unpaired) electrons. The van der Waals surface area contributed by atoms with Gasteiger partial charge in [-0.05, 0) is 0 Å². The second-order valence-electron chi connectivity index (χ2n) is 2.90. The molecule has 0 saturated heterocycles. The molecule has 0 unspecified atom stereocenters. The van der Waals surface area contributed by atoms with Gasteiger partial charge in [-0.15, -0.1) is 0 Å². The summed E-state index contributed by atoms with van der Waals surface area (Å²) < 4.78 is 8.62. The van der Waals surface area contributed by atoms with E-state index in [1.807, 2.05) is 0 Å². The average Bonchev–Trinajstić information content (AvgIpc) is 2.26. The Balaban J connectivity index is 3.79. The predicted molar refractivity (Wildman–Crippen MR) is 52.0 cm³/mol. The number of hydrogen-bond acceptors (Lipinski definition) is 6. The first-order valence-corrected chi connectivity index (χ1v) is 4.96. The van der Waals surface area contributed by atoms with Crippen molar-refractivity contribution in [2.75, 3.05) is 0 Å². The van der Waals surface area contributed by atoms with Crippen molar-refractivity contribution >= 4 is 23.9 Å². The van der Waals surface area contributed by atoms with Crippen molar-refractivity contribution in [1.82, 2.24) is 0 Å². The summed E-state index contributed by atoms with van der Waals surface area (Å²) in [6, 6.07) is 0. The normalized spacial score (nSPS) is 9.38. The highest BCUT2D eigenvalue weighted by Gasteiger charge is 2.13. The minimum absolute atomic E-state index is 0.0878. The standard InChI is InChI=1S/C10H14O6/c1-3-7(11)15-9(13)5-6-10(14)16-8(12)4-2/h3-6H2,1-2H3. The molecule has 0 aromatic rings. The van der Waals surface area contributed by atoms with E-state index in [-0.39, 0.29) is 25.7 Å². The van der Waals surface area contributed by atoms with E-state index in [1.54, 1.807) is 13.8 Å². The Morgan fingerprint density at radius 2 is 1.00 bits per heavy atom. The summed E-state index contributed by atoms with van der Waals surface area (Å²) in [6.45, 7) is 3.09. The van der Waals surface area contributed by atoms with Crippen molar-refractivity contribution in [1.29, 1.82) is 0 Å². The molecule has 0 rings (SSSR count). The van der Waals surface area contributed by atoms with E-state index in [9.17, 15) is 19.2 Å². The van der Waals surface area contributed by atoms with E-state index in [1.165, 1.54) is 0 Å². The Bertz CT molecular complexity index is 264. The lowest BCUT2D eigenvalue weighted by molar-refractivity contribution is -0.164. The molecule has 0 bridgehead atoms. The minimum atomic E-state index is -0.798. The summed E-state index contributed by atoms with van der Waals surface area (Å²) in [7, 11) is 0. The molecule has 6 nitrogen and oxygen atoms in total. The summed E-state index contributed by atoms with van der Waals surface area (Å²) in [5.74, 6) is -2.90. The number of carbonyl (C=O) groups is 4. The molecule has 90 valence electrons. The van der Waals surface area contributed by atoms with Gasteiger partial charge < -0.3 is 9.47 Å². The topological polar surface area (TPSA) is 86.7 Å². The highest BCUT2D eigenvalue weighted by molar-refractivity contribution is 5.89. The molecular weight excluding hydrogens is 216 g/mol. The van der Waals surface area contributed by atoms with Crippen LogP contribution in [-0.2, 0) is 28.7 Å². The molecule has 16 heavy (non-hydrogen) atoms. The maximum atomic E-state index is 10.9. The second-order valence-corrected chi connectivity index (χ2v) is 2.90. The van der Waals surface area contributed by atoms with Crippen LogP contribution < -0.4 is 0 Å². The van der Waals surface area contributed by atoms with Crippen molar-refractivity contribution < 1.29 is 28.7 Å². The van der Waals surface area contributed by atoms with E-state index >= 15 is 0 Å². The minimum Gasteiger partial charge on any atom is -0.393 e. The molecule has 0 aromatic heterocycles. The Hall–Kier alpha value is -1.72. The molecule has 0 aliphatic heterocycles. The van der Waals surface area contributed by atoms with Crippen molar-refractivity contribution in [3.63, 3.8) is 0 Å². The predicted octanol–water partition coefficient (Wildman–Crippen LogP) is 0.726. The zero-order valence-electron chi connectivity index (χ0n) is 9.28. The molecule has 0 amide bonds.